The van der Waals surface area contributed by atoms with E-state index in [1.807, 2.05) is 19.1 Å². The highest BCUT2D eigenvalue weighted by Crippen LogP contribution is 2.32. The number of pyridine rings is 2. The fourth-order valence-electron chi connectivity index (χ4n) is 2.94. The van der Waals surface area contributed by atoms with Crippen LogP contribution in [0.1, 0.15) is 27.8 Å². The van der Waals surface area contributed by atoms with E-state index in [0.717, 1.165) is 5.69 Å². The lowest BCUT2D eigenvalue weighted by molar-refractivity contribution is -0.141. The first-order valence-electron chi connectivity index (χ1n) is 7.43. The van der Waals surface area contributed by atoms with Gasteiger partial charge in [0.25, 0.3) is 5.91 Å². The van der Waals surface area contributed by atoms with E-state index in [9.17, 15) is 14.7 Å². The summed E-state index contributed by atoms with van der Waals surface area (Å²) in [7, 11) is 0. The van der Waals surface area contributed by atoms with E-state index in [1.54, 1.807) is 35.4 Å². The molecule has 0 bridgehead atoms. The zero-order chi connectivity index (χ0) is 16.4. The third-order valence-corrected chi connectivity index (χ3v) is 4.10. The molecule has 3 rings (SSSR count). The summed E-state index contributed by atoms with van der Waals surface area (Å²) >= 11 is 0. The summed E-state index contributed by atoms with van der Waals surface area (Å²) in [5.41, 5.74) is 1.80. The van der Waals surface area contributed by atoms with Gasteiger partial charge in [-0.1, -0.05) is 12.1 Å². The van der Waals surface area contributed by atoms with Crippen molar-refractivity contribution in [2.24, 2.45) is 5.92 Å². The van der Waals surface area contributed by atoms with Crippen LogP contribution in [0.25, 0.3) is 0 Å². The van der Waals surface area contributed by atoms with Crippen LogP contribution in [0.2, 0.25) is 0 Å². The molecule has 23 heavy (non-hydrogen) atoms. The first kappa shape index (κ1) is 15.1. The molecule has 6 heteroatoms. The molecule has 0 aromatic carbocycles. The summed E-state index contributed by atoms with van der Waals surface area (Å²) in [5, 5.41) is 9.48. The van der Waals surface area contributed by atoms with E-state index in [2.05, 4.69) is 9.97 Å². The van der Waals surface area contributed by atoms with Gasteiger partial charge >= 0.3 is 5.97 Å². The molecule has 0 unspecified atom stereocenters. The molecule has 0 saturated carbocycles. The van der Waals surface area contributed by atoms with Crippen LogP contribution < -0.4 is 0 Å². The second-order valence-corrected chi connectivity index (χ2v) is 5.68. The topological polar surface area (TPSA) is 83.4 Å². The minimum Gasteiger partial charge on any atom is -0.481 e. The molecule has 1 aliphatic heterocycles. The monoisotopic (exact) mass is 311 g/mol. The van der Waals surface area contributed by atoms with Crippen molar-refractivity contribution in [2.45, 2.75) is 12.8 Å². The van der Waals surface area contributed by atoms with Crippen LogP contribution in [0.3, 0.4) is 0 Å². The number of aryl methyl sites for hydroxylation is 1. The lowest BCUT2D eigenvalue weighted by Crippen LogP contribution is -2.30. The molecule has 1 amide bonds. The normalized spacial score (nSPS) is 20.5. The number of carboxylic acid groups (broad SMARTS) is 1. The molecular weight excluding hydrogens is 294 g/mol. The lowest BCUT2D eigenvalue weighted by Gasteiger charge is -2.15. The van der Waals surface area contributed by atoms with Crippen molar-refractivity contribution in [1.29, 1.82) is 0 Å². The predicted octanol–water partition coefficient (Wildman–Crippen LogP) is 1.73. The summed E-state index contributed by atoms with van der Waals surface area (Å²) in [6.45, 7) is 2.32. The Kier molecular flexibility index (Phi) is 4.06. The van der Waals surface area contributed by atoms with E-state index in [1.165, 1.54) is 0 Å². The Bertz CT molecular complexity index is 733. The number of rotatable bonds is 3. The number of carbonyl (C=O) groups excluding carboxylic acids is 1. The Labute approximate surface area is 133 Å². The van der Waals surface area contributed by atoms with E-state index in [4.69, 9.17) is 0 Å². The summed E-state index contributed by atoms with van der Waals surface area (Å²) in [5.74, 6) is -2.10. The quantitative estimate of drug-likeness (QED) is 0.933. The van der Waals surface area contributed by atoms with E-state index < -0.39 is 11.9 Å². The van der Waals surface area contributed by atoms with Crippen LogP contribution in [-0.2, 0) is 4.79 Å². The molecule has 2 aromatic heterocycles. The number of carbonyl (C=O) groups is 2. The number of likely N-dealkylation sites (tertiary alicyclic amines) is 1. The van der Waals surface area contributed by atoms with Gasteiger partial charge in [-0.15, -0.1) is 0 Å². The lowest BCUT2D eigenvalue weighted by atomic mass is 9.93. The van der Waals surface area contributed by atoms with E-state index in [0.29, 0.717) is 17.9 Å². The first-order valence-corrected chi connectivity index (χ1v) is 7.43. The fraction of sp³-hybridized carbons (Fsp3) is 0.294. The predicted molar refractivity (Wildman–Crippen MR) is 83.0 cm³/mol. The molecule has 0 radical (unpaired) electrons. The Morgan fingerprint density at radius 3 is 2.65 bits per heavy atom. The minimum atomic E-state index is -0.909. The Hall–Kier alpha value is -2.76. The van der Waals surface area contributed by atoms with Crippen molar-refractivity contribution in [2.75, 3.05) is 13.1 Å². The number of amides is 1. The number of hydrogen-bond acceptors (Lipinski definition) is 4. The highest BCUT2D eigenvalue weighted by atomic mass is 16.4. The van der Waals surface area contributed by atoms with Crippen molar-refractivity contribution in [3.63, 3.8) is 0 Å². The molecule has 0 spiro atoms. The van der Waals surface area contributed by atoms with Crippen molar-refractivity contribution < 1.29 is 14.7 Å². The van der Waals surface area contributed by atoms with E-state index in [-0.39, 0.29) is 18.4 Å². The fourth-order valence-corrected chi connectivity index (χ4v) is 2.94. The Balaban J connectivity index is 1.86. The van der Waals surface area contributed by atoms with Crippen LogP contribution in [0.15, 0.2) is 42.6 Å². The maximum atomic E-state index is 12.6. The molecule has 3 heterocycles. The van der Waals surface area contributed by atoms with Crippen LogP contribution in [0.4, 0.5) is 0 Å². The Morgan fingerprint density at radius 1 is 1.17 bits per heavy atom. The van der Waals surface area contributed by atoms with Gasteiger partial charge in [0, 0.05) is 36.6 Å². The van der Waals surface area contributed by atoms with Gasteiger partial charge in [0.2, 0.25) is 0 Å². The zero-order valence-electron chi connectivity index (χ0n) is 12.7. The Morgan fingerprint density at radius 2 is 2.00 bits per heavy atom. The zero-order valence-corrected chi connectivity index (χ0v) is 12.7. The van der Waals surface area contributed by atoms with Gasteiger partial charge in [-0.05, 0) is 31.2 Å². The maximum absolute atomic E-state index is 12.6. The number of carboxylic acids is 1. The number of aliphatic carboxylic acids is 1. The number of nitrogens with zero attached hydrogens (tertiary/aromatic N) is 3. The summed E-state index contributed by atoms with van der Waals surface area (Å²) in [6.07, 6.45) is 1.64. The van der Waals surface area contributed by atoms with Gasteiger partial charge in [0.05, 0.1) is 5.92 Å². The van der Waals surface area contributed by atoms with Gasteiger partial charge in [0.15, 0.2) is 0 Å². The average molecular weight is 311 g/mol. The molecule has 2 aromatic rings. The van der Waals surface area contributed by atoms with Gasteiger partial charge in [-0.2, -0.15) is 0 Å². The molecule has 1 saturated heterocycles. The van der Waals surface area contributed by atoms with Crippen molar-refractivity contribution in [3.8, 4) is 0 Å². The van der Waals surface area contributed by atoms with E-state index >= 15 is 0 Å². The third-order valence-electron chi connectivity index (χ3n) is 4.10. The average Bonchev–Trinajstić information content (AvgIpc) is 3.00. The summed E-state index contributed by atoms with van der Waals surface area (Å²) < 4.78 is 0. The molecule has 0 aliphatic carbocycles. The van der Waals surface area contributed by atoms with Gasteiger partial charge < -0.3 is 10.0 Å². The van der Waals surface area contributed by atoms with Gasteiger partial charge in [-0.3, -0.25) is 14.6 Å². The summed E-state index contributed by atoms with van der Waals surface area (Å²) in [4.78, 5) is 34.2. The molecule has 1 N–H and O–H groups in total. The number of hydrogen-bond donors (Lipinski definition) is 1. The first-order chi connectivity index (χ1) is 11.1. The number of aromatic nitrogens is 2. The largest absolute Gasteiger partial charge is 0.481 e. The van der Waals surface area contributed by atoms with Gasteiger partial charge in [-0.25, -0.2) is 4.98 Å². The van der Waals surface area contributed by atoms with Crippen LogP contribution in [-0.4, -0.2) is 44.9 Å². The standard InChI is InChI=1S/C17H17N3O3/c1-11-5-4-7-15(19-11)16(21)20-9-12(13(10-20)17(22)23)14-6-2-3-8-18-14/h2-8,12-13H,9-10H2,1H3,(H,22,23)/t12-,13-/m0/s1. The second kappa shape index (κ2) is 6.16. The molecule has 118 valence electrons. The highest BCUT2D eigenvalue weighted by molar-refractivity contribution is 5.93. The van der Waals surface area contributed by atoms with Crippen LogP contribution in [0, 0.1) is 12.8 Å². The maximum Gasteiger partial charge on any atom is 0.309 e. The van der Waals surface area contributed by atoms with Crippen molar-refractivity contribution in [1.82, 2.24) is 14.9 Å². The third kappa shape index (κ3) is 3.06. The molecule has 1 fully saturated rings. The SMILES string of the molecule is Cc1cccc(C(=O)N2C[C@H](C(=O)O)[C@@H](c3ccccn3)C2)n1. The summed E-state index contributed by atoms with van der Waals surface area (Å²) in [6, 6.07) is 10.7. The molecule has 2 atom stereocenters. The smallest absolute Gasteiger partial charge is 0.309 e. The molecular formula is C17H17N3O3. The molecule has 1 aliphatic rings. The molecule has 6 nitrogen and oxygen atoms in total. The van der Waals surface area contributed by atoms with Crippen LogP contribution >= 0.6 is 0 Å². The van der Waals surface area contributed by atoms with Crippen molar-refractivity contribution in [3.05, 3.63) is 59.7 Å². The van der Waals surface area contributed by atoms with Crippen molar-refractivity contribution >= 4 is 11.9 Å². The van der Waals surface area contributed by atoms with Crippen LogP contribution in [0.5, 0.6) is 0 Å². The van der Waals surface area contributed by atoms with Gasteiger partial charge in [0.1, 0.15) is 5.69 Å². The highest BCUT2D eigenvalue weighted by Gasteiger charge is 2.41. The minimum absolute atomic E-state index is 0.172. The second-order valence-electron chi connectivity index (χ2n) is 5.68.